The topological polar surface area (TPSA) is 78.9 Å². The largest absolute Gasteiger partial charge is 0.462 e. The lowest BCUT2D eigenvalue weighted by Gasteiger charge is -2.18. The van der Waals surface area contributed by atoms with Gasteiger partial charge in [-0.25, -0.2) is 0 Å². The Labute approximate surface area is 413 Å². The zero-order valence-corrected chi connectivity index (χ0v) is 43.6. The molecule has 0 saturated carbocycles. The fraction of sp³-hybridized carbons (Fsp3) is 0.689. The van der Waals surface area contributed by atoms with E-state index < -0.39 is 6.10 Å². The summed E-state index contributed by atoms with van der Waals surface area (Å²) >= 11 is 0. The number of allylic oxidation sites excluding steroid dienone is 16. The minimum Gasteiger partial charge on any atom is -0.462 e. The molecule has 0 aliphatic carbocycles. The number of esters is 3. The summed E-state index contributed by atoms with van der Waals surface area (Å²) in [5.74, 6) is -0.984. The monoisotopic (exact) mass is 931 g/mol. The Balaban J connectivity index is 4.47. The van der Waals surface area contributed by atoms with Crippen LogP contribution in [0.25, 0.3) is 0 Å². The van der Waals surface area contributed by atoms with E-state index in [1.165, 1.54) is 122 Å². The summed E-state index contributed by atoms with van der Waals surface area (Å²) in [6.45, 7) is 6.41. The Morgan fingerprint density at radius 3 is 1.12 bits per heavy atom. The smallest absolute Gasteiger partial charge is 0.306 e. The fourth-order valence-corrected chi connectivity index (χ4v) is 7.45. The van der Waals surface area contributed by atoms with E-state index in [0.717, 1.165) is 83.5 Å². The number of hydrogen-bond donors (Lipinski definition) is 0. The molecule has 0 aliphatic heterocycles. The van der Waals surface area contributed by atoms with Gasteiger partial charge in [0.15, 0.2) is 6.10 Å². The molecule has 6 nitrogen and oxygen atoms in total. The standard InChI is InChI=1S/C61H102O6/c1-4-7-10-13-16-19-22-25-27-29-30-32-33-36-39-42-45-48-51-54-60(63)66-57-58(56-65-59(62)53-50-47-44-41-38-35-24-21-18-15-12-9-6-3)67-61(64)55-52-49-46-43-40-37-34-31-28-26-23-20-17-14-11-8-5-2/h9,12,15-16,18-19,21-22,24-26,28,34,37,43,46,58H,4-8,10-11,13-14,17,20,23,27,29-33,35-36,38-42,44-45,47-57H2,1-3H3/b12-9+,18-15+,19-16+,24-21+,25-22+,28-26+,37-34+,46-43+. The molecule has 0 amide bonds. The van der Waals surface area contributed by atoms with Crippen molar-refractivity contribution in [3.63, 3.8) is 0 Å². The van der Waals surface area contributed by atoms with E-state index in [4.69, 9.17) is 14.2 Å². The van der Waals surface area contributed by atoms with Gasteiger partial charge in [-0.3, -0.25) is 14.4 Å². The van der Waals surface area contributed by atoms with Crippen LogP contribution in [0.15, 0.2) is 97.2 Å². The molecule has 1 atom stereocenters. The number of hydrogen-bond acceptors (Lipinski definition) is 6. The van der Waals surface area contributed by atoms with Crippen LogP contribution in [-0.4, -0.2) is 37.2 Å². The third kappa shape index (κ3) is 53.2. The first-order chi connectivity index (χ1) is 33.0. The van der Waals surface area contributed by atoms with Crippen LogP contribution in [-0.2, 0) is 28.6 Å². The van der Waals surface area contributed by atoms with Crippen molar-refractivity contribution in [2.75, 3.05) is 13.2 Å². The zero-order valence-electron chi connectivity index (χ0n) is 43.6. The molecular formula is C61H102O6. The van der Waals surface area contributed by atoms with Crippen LogP contribution in [0.1, 0.15) is 252 Å². The van der Waals surface area contributed by atoms with E-state index in [9.17, 15) is 14.4 Å². The average molecular weight is 931 g/mol. The van der Waals surface area contributed by atoms with Gasteiger partial charge in [0.2, 0.25) is 0 Å². The highest BCUT2D eigenvalue weighted by Gasteiger charge is 2.19. The molecule has 1 unspecified atom stereocenters. The van der Waals surface area contributed by atoms with Crippen molar-refractivity contribution >= 4 is 17.9 Å². The Bertz CT molecular complexity index is 1350. The SMILES string of the molecule is CC/C=C/C=C/C=C/CCCCCCCC(=O)OCC(COC(=O)CCCCCCCCCCCC/C=C/C=C/CCCCC)OC(=O)CCC/C=C/C/C=C/C/C=C/CCCCCCCC. The van der Waals surface area contributed by atoms with Crippen LogP contribution in [0.3, 0.4) is 0 Å². The van der Waals surface area contributed by atoms with Gasteiger partial charge in [0.05, 0.1) is 0 Å². The third-order valence-electron chi connectivity index (χ3n) is 11.6. The maximum absolute atomic E-state index is 12.8. The van der Waals surface area contributed by atoms with Gasteiger partial charge in [-0.05, 0) is 96.3 Å². The first kappa shape index (κ1) is 63.3. The second-order valence-corrected chi connectivity index (χ2v) is 18.2. The van der Waals surface area contributed by atoms with Gasteiger partial charge in [-0.2, -0.15) is 0 Å². The van der Waals surface area contributed by atoms with Crippen molar-refractivity contribution in [1.29, 1.82) is 0 Å². The van der Waals surface area contributed by atoms with E-state index in [0.29, 0.717) is 19.3 Å². The number of carbonyl (C=O) groups is 3. The van der Waals surface area contributed by atoms with Crippen molar-refractivity contribution in [1.82, 2.24) is 0 Å². The van der Waals surface area contributed by atoms with Crippen molar-refractivity contribution in [3.05, 3.63) is 97.2 Å². The molecule has 0 rings (SSSR count). The summed E-state index contributed by atoms with van der Waals surface area (Å²) in [4.78, 5) is 38.1. The second-order valence-electron chi connectivity index (χ2n) is 18.2. The lowest BCUT2D eigenvalue weighted by Crippen LogP contribution is -2.30. The number of unbranched alkanes of at least 4 members (excludes halogenated alkanes) is 25. The van der Waals surface area contributed by atoms with Crippen molar-refractivity contribution in [2.45, 2.75) is 258 Å². The van der Waals surface area contributed by atoms with Gasteiger partial charge in [0.25, 0.3) is 0 Å². The summed E-state index contributed by atoms with van der Waals surface area (Å²) in [6.07, 6.45) is 72.6. The molecule has 6 heteroatoms. The van der Waals surface area contributed by atoms with Crippen molar-refractivity contribution < 1.29 is 28.6 Å². The normalized spacial score (nSPS) is 12.8. The molecule has 0 aromatic rings. The Morgan fingerprint density at radius 1 is 0.328 bits per heavy atom. The maximum atomic E-state index is 12.8. The molecule has 0 saturated heterocycles. The van der Waals surface area contributed by atoms with Crippen LogP contribution in [0.5, 0.6) is 0 Å². The van der Waals surface area contributed by atoms with Crippen LogP contribution < -0.4 is 0 Å². The molecule has 0 aromatic heterocycles. The summed E-state index contributed by atoms with van der Waals surface area (Å²) in [5.41, 5.74) is 0. The van der Waals surface area contributed by atoms with E-state index in [-0.39, 0.29) is 37.5 Å². The molecule has 0 bridgehead atoms. The first-order valence-corrected chi connectivity index (χ1v) is 27.8. The molecule has 67 heavy (non-hydrogen) atoms. The second kappa shape index (κ2) is 54.9. The van der Waals surface area contributed by atoms with Crippen LogP contribution in [0.2, 0.25) is 0 Å². The molecule has 382 valence electrons. The van der Waals surface area contributed by atoms with E-state index in [2.05, 4.69) is 118 Å². The highest BCUT2D eigenvalue weighted by Crippen LogP contribution is 2.14. The number of rotatable bonds is 49. The molecule has 0 N–H and O–H groups in total. The molecule has 0 fully saturated rings. The van der Waals surface area contributed by atoms with Gasteiger partial charge in [0.1, 0.15) is 13.2 Å². The van der Waals surface area contributed by atoms with E-state index in [1.54, 1.807) is 0 Å². The lowest BCUT2D eigenvalue weighted by molar-refractivity contribution is -0.167. The Morgan fingerprint density at radius 2 is 0.657 bits per heavy atom. The maximum Gasteiger partial charge on any atom is 0.306 e. The van der Waals surface area contributed by atoms with Gasteiger partial charge in [0, 0.05) is 19.3 Å². The van der Waals surface area contributed by atoms with Crippen LogP contribution in [0.4, 0.5) is 0 Å². The molecule has 0 heterocycles. The molecule has 0 spiro atoms. The fourth-order valence-electron chi connectivity index (χ4n) is 7.45. The predicted octanol–water partition coefficient (Wildman–Crippen LogP) is 18.5. The lowest BCUT2D eigenvalue weighted by atomic mass is 10.1. The highest BCUT2D eigenvalue weighted by atomic mass is 16.6. The minimum atomic E-state index is -0.815. The summed E-state index contributed by atoms with van der Waals surface area (Å²) in [5, 5.41) is 0. The minimum absolute atomic E-state index is 0.107. The number of ether oxygens (including phenoxy) is 3. The summed E-state index contributed by atoms with van der Waals surface area (Å²) < 4.78 is 16.8. The van der Waals surface area contributed by atoms with Crippen LogP contribution >= 0.6 is 0 Å². The highest BCUT2D eigenvalue weighted by molar-refractivity contribution is 5.71. The van der Waals surface area contributed by atoms with E-state index >= 15 is 0 Å². The molecule has 0 aromatic carbocycles. The third-order valence-corrected chi connectivity index (χ3v) is 11.6. The quantitative estimate of drug-likeness (QED) is 0.0199. The van der Waals surface area contributed by atoms with Gasteiger partial charge in [-0.15, -0.1) is 0 Å². The van der Waals surface area contributed by atoms with Crippen molar-refractivity contribution in [2.24, 2.45) is 0 Å². The Hall–Kier alpha value is -3.67. The van der Waals surface area contributed by atoms with Crippen molar-refractivity contribution in [3.8, 4) is 0 Å². The molecular weight excluding hydrogens is 829 g/mol. The Kier molecular flexibility index (Phi) is 51.9. The first-order valence-electron chi connectivity index (χ1n) is 27.8. The summed E-state index contributed by atoms with van der Waals surface area (Å²) in [7, 11) is 0. The van der Waals surface area contributed by atoms with Gasteiger partial charge < -0.3 is 14.2 Å². The van der Waals surface area contributed by atoms with Crippen LogP contribution in [0, 0.1) is 0 Å². The number of carbonyl (C=O) groups excluding carboxylic acids is 3. The molecule has 0 radical (unpaired) electrons. The zero-order chi connectivity index (χ0) is 48.6. The van der Waals surface area contributed by atoms with Gasteiger partial charge >= 0.3 is 17.9 Å². The molecule has 0 aliphatic rings. The predicted molar refractivity (Wildman–Crippen MR) is 288 cm³/mol. The van der Waals surface area contributed by atoms with Gasteiger partial charge in [-0.1, -0.05) is 234 Å². The summed E-state index contributed by atoms with van der Waals surface area (Å²) in [6, 6.07) is 0. The average Bonchev–Trinajstić information content (AvgIpc) is 3.33. The van der Waals surface area contributed by atoms with E-state index in [1.807, 2.05) is 0 Å².